The molecule has 1 heterocycles. The number of nitrogens with one attached hydrogen (secondary N) is 1. The van der Waals surface area contributed by atoms with Gasteiger partial charge in [-0.25, -0.2) is 4.79 Å². The van der Waals surface area contributed by atoms with E-state index in [1.807, 2.05) is 25.2 Å². The van der Waals surface area contributed by atoms with E-state index in [1.165, 1.54) is 0 Å². The number of nitrogens with zero attached hydrogens (tertiary/aromatic N) is 1. The SMILES string of the molecule is CNCc1cccc2c1oc(=O)n2C1CC1. The van der Waals surface area contributed by atoms with E-state index >= 15 is 0 Å². The van der Waals surface area contributed by atoms with Crippen molar-refractivity contribution >= 4 is 11.1 Å². The molecule has 1 aliphatic carbocycles. The Balaban J connectivity index is 2.25. The summed E-state index contributed by atoms with van der Waals surface area (Å²) in [6.07, 6.45) is 2.18. The summed E-state index contributed by atoms with van der Waals surface area (Å²) >= 11 is 0. The fourth-order valence-corrected chi connectivity index (χ4v) is 2.12. The standard InChI is InChI=1S/C12H14N2O2/c1-13-7-8-3-2-4-10-11(8)16-12(15)14(10)9-5-6-9/h2-4,9,13H,5-7H2,1H3. The molecule has 1 saturated carbocycles. The van der Waals surface area contributed by atoms with E-state index < -0.39 is 0 Å². The van der Waals surface area contributed by atoms with E-state index in [0.717, 1.165) is 36.0 Å². The Labute approximate surface area is 92.9 Å². The number of para-hydroxylation sites is 1. The molecule has 16 heavy (non-hydrogen) atoms. The molecule has 1 fully saturated rings. The van der Waals surface area contributed by atoms with Crippen molar-refractivity contribution in [2.45, 2.75) is 25.4 Å². The van der Waals surface area contributed by atoms with E-state index in [-0.39, 0.29) is 5.76 Å². The van der Waals surface area contributed by atoms with Crippen LogP contribution in [-0.4, -0.2) is 11.6 Å². The molecule has 3 rings (SSSR count). The van der Waals surface area contributed by atoms with Crippen LogP contribution in [0.4, 0.5) is 0 Å². The molecule has 84 valence electrons. The molecule has 0 aliphatic heterocycles. The van der Waals surface area contributed by atoms with Crippen molar-refractivity contribution in [3.05, 3.63) is 34.3 Å². The van der Waals surface area contributed by atoms with Gasteiger partial charge >= 0.3 is 5.76 Å². The maximum absolute atomic E-state index is 11.8. The molecule has 0 atom stereocenters. The van der Waals surface area contributed by atoms with Crippen molar-refractivity contribution in [3.63, 3.8) is 0 Å². The highest BCUT2D eigenvalue weighted by atomic mass is 16.4. The topological polar surface area (TPSA) is 47.2 Å². The third-order valence-corrected chi connectivity index (χ3v) is 3.00. The molecule has 0 unspecified atom stereocenters. The van der Waals surface area contributed by atoms with Gasteiger partial charge in [0.2, 0.25) is 0 Å². The molecular formula is C12H14N2O2. The third-order valence-electron chi connectivity index (χ3n) is 3.00. The van der Waals surface area contributed by atoms with Crippen LogP contribution in [0.1, 0.15) is 24.4 Å². The highest BCUT2D eigenvalue weighted by Gasteiger charge is 2.28. The lowest BCUT2D eigenvalue weighted by molar-refractivity contribution is 0.506. The van der Waals surface area contributed by atoms with E-state index in [2.05, 4.69) is 5.32 Å². The fraction of sp³-hybridized carbons (Fsp3) is 0.417. The summed E-state index contributed by atoms with van der Waals surface area (Å²) in [6.45, 7) is 0.717. The molecule has 1 aromatic heterocycles. The summed E-state index contributed by atoms with van der Waals surface area (Å²) in [5.74, 6) is -0.221. The Morgan fingerprint density at radius 3 is 3.00 bits per heavy atom. The zero-order valence-electron chi connectivity index (χ0n) is 9.19. The molecule has 1 aliphatic rings. The Morgan fingerprint density at radius 2 is 2.31 bits per heavy atom. The van der Waals surface area contributed by atoms with Gasteiger partial charge in [-0.1, -0.05) is 12.1 Å². The predicted molar refractivity (Wildman–Crippen MR) is 61.5 cm³/mol. The molecule has 0 saturated heterocycles. The average Bonchev–Trinajstić information content (AvgIpc) is 3.03. The van der Waals surface area contributed by atoms with Crippen molar-refractivity contribution in [1.82, 2.24) is 9.88 Å². The van der Waals surface area contributed by atoms with E-state index in [1.54, 1.807) is 4.57 Å². The highest BCUT2D eigenvalue weighted by molar-refractivity contribution is 5.76. The van der Waals surface area contributed by atoms with Crippen molar-refractivity contribution in [2.75, 3.05) is 7.05 Å². The number of fused-ring (bicyclic) bond motifs is 1. The monoisotopic (exact) mass is 218 g/mol. The van der Waals surface area contributed by atoms with Gasteiger partial charge in [-0.3, -0.25) is 4.57 Å². The average molecular weight is 218 g/mol. The summed E-state index contributed by atoms with van der Waals surface area (Å²) in [4.78, 5) is 11.8. The molecule has 0 bridgehead atoms. The zero-order valence-corrected chi connectivity index (χ0v) is 9.19. The number of oxazole rings is 1. The first-order chi connectivity index (χ1) is 7.81. The third kappa shape index (κ3) is 1.38. The first kappa shape index (κ1) is 9.66. The van der Waals surface area contributed by atoms with E-state index in [4.69, 9.17) is 4.42 Å². The van der Waals surface area contributed by atoms with Crippen LogP contribution in [0.3, 0.4) is 0 Å². The van der Waals surface area contributed by atoms with Gasteiger partial charge in [0.25, 0.3) is 0 Å². The minimum Gasteiger partial charge on any atom is -0.407 e. The van der Waals surface area contributed by atoms with Gasteiger partial charge in [-0.2, -0.15) is 0 Å². The number of rotatable bonds is 3. The van der Waals surface area contributed by atoms with Gasteiger partial charge in [-0.15, -0.1) is 0 Å². The molecule has 1 aromatic carbocycles. The second-order valence-electron chi connectivity index (χ2n) is 4.26. The Hall–Kier alpha value is -1.55. The summed E-state index contributed by atoms with van der Waals surface area (Å²) < 4.78 is 7.14. The lowest BCUT2D eigenvalue weighted by atomic mass is 10.2. The lowest BCUT2D eigenvalue weighted by Crippen LogP contribution is -2.11. The largest absolute Gasteiger partial charge is 0.420 e. The maximum atomic E-state index is 11.8. The van der Waals surface area contributed by atoms with Crippen LogP contribution in [0, 0.1) is 0 Å². The molecule has 0 amide bonds. The first-order valence-corrected chi connectivity index (χ1v) is 5.59. The Kier molecular flexibility index (Phi) is 2.11. The number of hydrogen-bond acceptors (Lipinski definition) is 3. The van der Waals surface area contributed by atoms with Crippen molar-refractivity contribution < 1.29 is 4.42 Å². The van der Waals surface area contributed by atoms with Crippen LogP contribution in [0.15, 0.2) is 27.4 Å². The van der Waals surface area contributed by atoms with Gasteiger partial charge in [0, 0.05) is 18.2 Å². The summed E-state index contributed by atoms with van der Waals surface area (Å²) in [5.41, 5.74) is 2.70. The summed E-state index contributed by atoms with van der Waals surface area (Å²) in [7, 11) is 1.88. The molecule has 0 radical (unpaired) electrons. The lowest BCUT2D eigenvalue weighted by Gasteiger charge is -2.01. The zero-order chi connectivity index (χ0) is 11.1. The molecule has 4 heteroatoms. The van der Waals surface area contributed by atoms with Gasteiger partial charge in [0.1, 0.15) is 0 Å². The normalized spacial score (nSPS) is 15.8. The maximum Gasteiger partial charge on any atom is 0.420 e. The van der Waals surface area contributed by atoms with Crippen LogP contribution in [0.25, 0.3) is 11.1 Å². The van der Waals surface area contributed by atoms with E-state index in [0.29, 0.717) is 6.04 Å². The van der Waals surface area contributed by atoms with Gasteiger partial charge in [-0.05, 0) is 26.0 Å². The smallest absolute Gasteiger partial charge is 0.407 e. The van der Waals surface area contributed by atoms with Gasteiger partial charge in [0.15, 0.2) is 5.58 Å². The summed E-state index contributed by atoms with van der Waals surface area (Å²) in [6, 6.07) is 6.28. The molecule has 4 nitrogen and oxygen atoms in total. The second kappa shape index (κ2) is 3.49. The number of benzene rings is 1. The minimum absolute atomic E-state index is 0.221. The second-order valence-corrected chi connectivity index (χ2v) is 4.26. The summed E-state index contributed by atoms with van der Waals surface area (Å²) in [5, 5.41) is 3.08. The van der Waals surface area contributed by atoms with Gasteiger partial charge < -0.3 is 9.73 Å². The van der Waals surface area contributed by atoms with Crippen LogP contribution in [-0.2, 0) is 6.54 Å². The fourth-order valence-electron chi connectivity index (χ4n) is 2.12. The Bertz CT molecular complexity index is 578. The van der Waals surface area contributed by atoms with Crippen LogP contribution in [0.5, 0.6) is 0 Å². The molecule has 1 N–H and O–H groups in total. The van der Waals surface area contributed by atoms with Crippen LogP contribution >= 0.6 is 0 Å². The highest BCUT2D eigenvalue weighted by Crippen LogP contribution is 2.36. The minimum atomic E-state index is -0.221. The molecule has 0 spiro atoms. The first-order valence-electron chi connectivity index (χ1n) is 5.59. The predicted octanol–water partition coefficient (Wildman–Crippen LogP) is 1.65. The molecular weight excluding hydrogens is 204 g/mol. The number of hydrogen-bond donors (Lipinski definition) is 1. The van der Waals surface area contributed by atoms with Crippen molar-refractivity contribution in [3.8, 4) is 0 Å². The van der Waals surface area contributed by atoms with Gasteiger partial charge in [0.05, 0.1) is 5.52 Å². The van der Waals surface area contributed by atoms with Crippen molar-refractivity contribution in [1.29, 1.82) is 0 Å². The van der Waals surface area contributed by atoms with Crippen molar-refractivity contribution in [2.24, 2.45) is 0 Å². The Morgan fingerprint density at radius 1 is 1.50 bits per heavy atom. The van der Waals surface area contributed by atoms with Crippen LogP contribution < -0.4 is 11.1 Å². The quantitative estimate of drug-likeness (QED) is 0.852. The number of aromatic nitrogens is 1. The van der Waals surface area contributed by atoms with E-state index in [9.17, 15) is 4.79 Å². The molecule has 2 aromatic rings. The van der Waals surface area contributed by atoms with Crippen LogP contribution in [0.2, 0.25) is 0 Å².